The molecular weight excluding hydrogens is 654 g/mol. The van der Waals surface area contributed by atoms with E-state index < -0.39 is 34.4 Å². The van der Waals surface area contributed by atoms with Gasteiger partial charge in [-0.1, -0.05) is 26.0 Å². The number of aliphatic hydroxyl groups is 1. The molecule has 0 aliphatic carbocycles. The summed E-state index contributed by atoms with van der Waals surface area (Å²) in [6.07, 6.45) is 1.58. The first-order valence-corrected chi connectivity index (χ1v) is 18.8. The van der Waals surface area contributed by atoms with E-state index in [9.17, 15) is 18.3 Å². The molecule has 270 valence electrons. The van der Waals surface area contributed by atoms with Crippen molar-refractivity contribution in [2.45, 2.75) is 75.4 Å². The number of benzene rings is 2. The number of hydrogen-bond donors (Lipinski definition) is 2. The number of aliphatic hydroxyl groups excluding tert-OH is 1. The van der Waals surface area contributed by atoms with Gasteiger partial charge in [0, 0.05) is 25.7 Å². The van der Waals surface area contributed by atoms with Crippen LogP contribution in [0.3, 0.4) is 0 Å². The van der Waals surface area contributed by atoms with Gasteiger partial charge >= 0.3 is 6.09 Å². The maximum atomic E-state index is 13.9. The van der Waals surface area contributed by atoms with Crippen molar-refractivity contribution in [1.29, 1.82) is 0 Å². The molecular formula is C35H49N3O10S. The number of alkyl carbamates (subject to hydrolysis) is 1. The minimum absolute atomic E-state index is 0.0178. The summed E-state index contributed by atoms with van der Waals surface area (Å²) < 4.78 is 62.8. The highest BCUT2D eigenvalue weighted by Crippen LogP contribution is 2.35. The van der Waals surface area contributed by atoms with Crippen molar-refractivity contribution in [2.24, 2.45) is 11.8 Å². The van der Waals surface area contributed by atoms with Crippen LogP contribution in [0.2, 0.25) is 0 Å². The molecule has 2 aromatic rings. The Kier molecular flexibility index (Phi) is 11.8. The lowest BCUT2D eigenvalue weighted by molar-refractivity contribution is -0.0907. The topological polar surface area (TPSA) is 145 Å². The molecule has 2 N–H and O–H groups in total. The molecule has 4 aliphatic heterocycles. The third kappa shape index (κ3) is 9.16. The van der Waals surface area contributed by atoms with Gasteiger partial charge in [-0.05, 0) is 80.9 Å². The van der Waals surface area contributed by atoms with Crippen molar-refractivity contribution in [2.75, 3.05) is 59.3 Å². The molecule has 6 rings (SSSR count). The molecule has 3 fully saturated rings. The molecule has 0 bridgehead atoms. The first kappa shape index (κ1) is 35.7. The number of sulfonamides is 1. The summed E-state index contributed by atoms with van der Waals surface area (Å²) in [6.45, 7) is 8.45. The molecule has 0 radical (unpaired) electrons. The van der Waals surface area contributed by atoms with Crippen molar-refractivity contribution in [3.63, 3.8) is 0 Å². The van der Waals surface area contributed by atoms with Gasteiger partial charge in [-0.2, -0.15) is 4.31 Å². The van der Waals surface area contributed by atoms with Crippen LogP contribution in [0, 0.1) is 11.8 Å². The number of carbonyl (C=O) groups excluding carboxylic acids is 1. The lowest BCUT2D eigenvalue weighted by Crippen LogP contribution is -2.51. The summed E-state index contributed by atoms with van der Waals surface area (Å²) in [5.74, 6) is 1.46. The van der Waals surface area contributed by atoms with Crippen LogP contribution < -0.4 is 19.5 Å². The average molecular weight is 704 g/mol. The second kappa shape index (κ2) is 16.3. The van der Waals surface area contributed by atoms with Crippen LogP contribution in [0.1, 0.15) is 45.1 Å². The van der Waals surface area contributed by atoms with Crippen LogP contribution in [0.4, 0.5) is 4.79 Å². The average Bonchev–Trinajstić information content (AvgIpc) is 3.90. The second-order valence-electron chi connectivity index (χ2n) is 13.6. The Balaban J connectivity index is 1.14. The number of rotatable bonds is 16. The van der Waals surface area contributed by atoms with Gasteiger partial charge in [0.2, 0.25) is 16.8 Å². The molecule has 0 unspecified atom stereocenters. The van der Waals surface area contributed by atoms with Gasteiger partial charge in [0.05, 0.1) is 42.8 Å². The number of carbonyl (C=O) groups is 1. The Morgan fingerprint density at radius 3 is 2.61 bits per heavy atom. The number of ether oxygens (including phenoxy) is 6. The minimum Gasteiger partial charge on any atom is -0.494 e. The molecule has 5 atom stereocenters. The number of likely N-dealkylation sites (tertiary alicyclic amines) is 1. The quantitative estimate of drug-likeness (QED) is 0.248. The van der Waals surface area contributed by atoms with Crippen LogP contribution in [-0.4, -0.2) is 113 Å². The number of nitrogens with one attached hydrogen (secondary N) is 1. The van der Waals surface area contributed by atoms with Crippen molar-refractivity contribution in [3.05, 3.63) is 48.0 Å². The predicted molar refractivity (Wildman–Crippen MR) is 179 cm³/mol. The van der Waals surface area contributed by atoms with Crippen LogP contribution >= 0.6 is 0 Å². The number of fused-ring (bicyclic) bond motifs is 2. The van der Waals surface area contributed by atoms with E-state index in [1.807, 2.05) is 38.1 Å². The summed E-state index contributed by atoms with van der Waals surface area (Å²) in [5.41, 5.74) is 0.830. The highest BCUT2D eigenvalue weighted by Gasteiger charge is 2.44. The van der Waals surface area contributed by atoms with Crippen molar-refractivity contribution in [1.82, 2.24) is 14.5 Å². The van der Waals surface area contributed by atoms with E-state index in [2.05, 4.69) is 10.2 Å². The summed E-state index contributed by atoms with van der Waals surface area (Å²) in [7, 11) is -4.05. The zero-order valence-electron chi connectivity index (χ0n) is 28.3. The largest absolute Gasteiger partial charge is 0.494 e. The normalized spacial score (nSPS) is 23.2. The van der Waals surface area contributed by atoms with E-state index in [1.165, 1.54) is 29.3 Å². The zero-order chi connectivity index (χ0) is 34.4. The minimum atomic E-state index is -4.05. The number of nitrogens with zero attached hydrogens (tertiary/aromatic N) is 2. The van der Waals surface area contributed by atoms with Crippen LogP contribution in [-0.2, 0) is 30.7 Å². The maximum absolute atomic E-state index is 13.9. The van der Waals surface area contributed by atoms with E-state index in [4.69, 9.17) is 28.4 Å². The number of amides is 1. The van der Waals surface area contributed by atoms with E-state index in [-0.39, 0.29) is 55.9 Å². The molecule has 0 saturated carbocycles. The van der Waals surface area contributed by atoms with Gasteiger partial charge in [-0.3, -0.25) is 0 Å². The monoisotopic (exact) mass is 703 g/mol. The van der Waals surface area contributed by atoms with Gasteiger partial charge in [0.25, 0.3) is 0 Å². The fourth-order valence-electron chi connectivity index (χ4n) is 6.81. The fourth-order valence-corrected chi connectivity index (χ4v) is 8.45. The highest BCUT2D eigenvalue weighted by molar-refractivity contribution is 7.89. The smallest absolute Gasteiger partial charge is 0.407 e. The molecule has 2 aromatic carbocycles. The van der Waals surface area contributed by atoms with Crippen molar-refractivity contribution < 1.29 is 46.7 Å². The van der Waals surface area contributed by atoms with E-state index >= 15 is 0 Å². The molecule has 3 saturated heterocycles. The Morgan fingerprint density at radius 1 is 1.06 bits per heavy atom. The van der Waals surface area contributed by atoms with Gasteiger partial charge < -0.3 is 43.7 Å². The molecule has 49 heavy (non-hydrogen) atoms. The first-order valence-electron chi connectivity index (χ1n) is 17.4. The SMILES string of the molecule is CC(C)CN(C[C@@H](O)[C@H](Cc1ccc(OCCCN2CCCC2)cc1)NC(=O)O[C@@H]1CO[C@H]2OCC[C@H]21)S(=O)(=O)c1ccc2c(c1)OCO2. The molecule has 4 heterocycles. The van der Waals surface area contributed by atoms with Gasteiger partial charge in [0.15, 0.2) is 17.8 Å². The Bertz CT molecular complexity index is 1500. The lowest BCUT2D eigenvalue weighted by Gasteiger charge is -2.31. The van der Waals surface area contributed by atoms with E-state index in [1.54, 1.807) is 6.07 Å². The van der Waals surface area contributed by atoms with Crippen LogP contribution in [0.5, 0.6) is 17.2 Å². The predicted octanol–water partition coefficient (Wildman–Crippen LogP) is 3.39. The molecule has 4 aliphatic rings. The molecule has 13 nitrogen and oxygen atoms in total. The van der Waals surface area contributed by atoms with Crippen LogP contribution in [0.15, 0.2) is 47.4 Å². The molecule has 14 heteroatoms. The lowest BCUT2D eigenvalue weighted by atomic mass is 10.0. The molecule has 0 aromatic heterocycles. The Hall–Kier alpha value is -3.14. The maximum Gasteiger partial charge on any atom is 0.407 e. The summed E-state index contributed by atoms with van der Waals surface area (Å²) in [4.78, 5) is 15.7. The third-order valence-electron chi connectivity index (χ3n) is 9.42. The van der Waals surface area contributed by atoms with Crippen LogP contribution in [0.25, 0.3) is 0 Å². The second-order valence-corrected chi connectivity index (χ2v) is 15.6. The van der Waals surface area contributed by atoms with E-state index in [0.717, 1.165) is 43.8 Å². The summed E-state index contributed by atoms with van der Waals surface area (Å²) in [6, 6.07) is 11.1. The highest BCUT2D eigenvalue weighted by atomic mass is 32.2. The standard InChI is InChI=1S/C35H49N3O10S/c1-24(2)20-38(49(41,42)27-10-11-31-32(19-27)47-23-46-31)21-30(39)29(36-35(40)48-33-22-45-34-28(33)12-17-44-34)18-25-6-8-26(9-7-25)43-16-5-15-37-13-3-4-14-37/h6-11,19,24,28-30,33-34,39H,3-5,12-18,20-23H2,1-2H3,(H,36,40)/t28-,29-,30+,33+,34+/m0/s1. The fraction of sp³-hybridized carbons (Fsp3) is 0.629. The third-order valence-corrected chi connectivity index (χ3v) is 11.2. The molecule has 0 spiro atoms. The van der Waals surface area contributed by atoms with Gasteiger partial charge in [0.1, 0.15) is 11.9 Å². The molecule has 1 amide bonds. The summed E-state index contributed by atoms with van der Waals surface area (Å²) >= 11 is 0. The van der Waals surface area contributed by atoms with Gasteiger partial charge in [-0.25, -0.2) is 13.2 Å². The van der Waals surface area contributed by atoms with Crippen molar-refractivity contribution >= 4 is 16.1 Å². The van der Waals surface area contributed by atoms with E-state index in [0.29, 0.717) is 24.7 Å². The van der Waals surface area contributed by atoms with Gasteiger partial charge in [-0.15, -0.1) is 0 Å². The Morgan fingerprint density at radius 2 is 1.84 bits per heavy atom. The Labute approximate surface area is 288 Å². The zero-order valence-corrected chi connectivity index (χ0v) is 29.1. The number of hydrogen-bond acceptors (Lipinski definition) is 11. The summed E-state index contributed by atoms with van der Waals surface area (Å²) in [5, 5.41) is 14.5. The first-order chi connectivity index (χ1) is 23.7. The van der Waals surface area contributed by atoms with Crippen molar-refractivity contribution in [3.8, 4) is 17.2 Å².